The van der Waals surface area contributed by atoms with Crippen LogP contribution in [0.1, 0.15) is 47.3 Å². The van der Waals surface area contributed by atoms with Crippen molar-refractivity contribution in [3.8, 4) is 17.0 Å². The Morgan fingerprint density at radius 1 is 1.03 bits per heavy atom. The van der Waals surface area contributed by atoms with E-state index in [4.69, 9.17) is 9.84 Å². The zero-order chi connectivity index (χ0) is 24.5. The van der Waals surface area contributed by atoms with Gasteiger partial charge in [0, 0.05) is 34.8 Å². The van der Waals surface area contributed by atoms with Gasteiger partial charge in [0.15, 0.2) is 0 Å². The van der Waals surface area contributed by atoms with Crippen molar-refractivity contribution in [2.24, 2.45) is 0 Å². The van der Waals surface area contributed by atoms with Gasteiger partial charge in [-0.3, -0.25) is 4.79 Å². The molecule has 1 aliphatic carbocycles. The quantitative estimate of drug-likeness (QED) is 0.349. The Morgan fingerprint density at radius 2 is 1.86 bits per heavy atom. The molecule has 7 nitrogen and oxygen atoms in total. The van der Waals surface area contributed by atoms with Crippen LogP contribution in [0.4, 0.5) is 5.13 Å². The van der Waals surface area contributed by atoms with Crippen molar-refractivity contribution in [2.45, 2.75) is 32.1 Å². The monoisotopic (exact) mass is 495 g/mol. The van der Waals surface area contributed by atoms with Crippen LogP contribution in [0.5, 0.6) is 5.75 Å². The van der Waals surface area contributed by atoms with Gasteiger partial charge in [-0.25, -0.2) is 4.98 Å². The average molecular weight is 496 g/mol. The van der Waals surface area contributed by atoms with Crippen molar-refractivity contribution >= 4 is 33.7 Å². The molecule has 0 fully saturated rings. The highest BCUT2D eigenvalue weighted by Gasteiger charge is 2.34. The second kappa shape index (κ2) is 9.54. The average Bonchev–Trinajstić information content (AvgIpc) is 3.58. The maximum absolute atomic E-state index is 14.1. The standard InChI is InChI=1S/C28H25N5O2S/c1-35-21-14-12-19(13-15-21)24-22(31-28-29-17-30-36-28)16-23-25(18-8-4-2-5-9-18)26(32-33(23)27(24)34)20-10-6-3-7-11-20/h3,6-8,10-15,17H,2,4-5,9,16H2,1H3,(H,29,30,31). The van der Waals surface area contributed by atoms with Crippen LogP contribution in [0, 0.1) is 0 Å². The van der Waals surface area contributed by atoms with Crippen LogP contribution < -0.4 is 10.1 Å². The summed E-state index contributed by atoms with van der Waals surface area (Å²) < 4.78 is 11.1. The highest BCUT2D eigenvalue weighted by atomic mass is 32.1. The van der Waals surface area contributed by atoms with Gasteiger partial charge in [0.2, 0.25) is 5.13 Å². The number of aromatic nitrogens is 4. The normalized spacial score (nSPS) is 15.5. The van der Waals surface area contributed by atoms with Gasteiger partial charge in [0.25, 0.3) is 5.91 Å². The van der Waals surface area contributed by atoms with E-state index >= 15 is 0 Å². The number of allylic oxidation sites excluding steroid dienone is 4. The number of rotatable bonds is 6. The summed E-state index contributed by atoms with van der Waals surface area (Å²) in [6.45, 7) is 0. The molecular weight excluding hydrogens is 470 g/mol. The van der Waals surface area contributed by atoms with Crippen LogP contribution >= 0.6 is 11.5 Å². The summed E-state index contributed by atoms with van der Waals surface area (Å²) in [5.41, 5.74) is 7.32. The molecule has 8 heteroatoms. The number of hydrogen-bond donors (Lipinski definition) is 1. The summed E-state index contributed by atoms with van der Waals surface area (Å²) in [6, 6.07) is 17.7. The predicted molar refractivity (Wildman–Crippen MR) is 142 cm³/mol. The molecule has 0 atom stereocenters. The molecule has 4 aromatic rings. The van der Waals surface area contributed by atoms with Crippen LogP contribution in [0.2, 0.25) is 0 Å². The SMILES string of the molecule is COc1ccc(C2=C(Nc3ncns3)Cc3c(C4=CCCCC4)c(-c4ccccc4)nn3C2=O)cc1. The van der Waals surface area contributed by atoms with E-state index < -0.39 is 0 Å². The molecule has 1 N–H and O–H groups in total. The first-order valence-corrected chi connectivity index (χ1v) is 12.8. The van der Waals surface area contributed by atoms with E-state index in [-0.39, 0.29) is 5.91 Å². The number of carbonyl (C=O) groups excluding carboxylic acids is 1. The van der Waals surface area contributed by atoms with Crippen molar-refractivity contribution in [1.82, 2.24) is 19.1 Å². The molecular formula is C28H25N5O2S. The van der Waals surface area contributed by atoms with E-state index in [2.05, 4.69) is 32.9 Å². The molecule has 0 amide bonds. The Balaban J connectivity index is 1.53. The zero-order valence-corrected chi connectivity index (χ0v) is 20.7. The number of carbonyl (C=O) groups is 1. The van der Waals surface area contributed by atoms with E-state index in [1.54, 1.807) is 11.8 Å². The van der Waals surface area contributed by atoms with Crippen molar-refractivity contribution in [1.29, 1.82) is 0 Å². The lowest BCUT2D eigenvalue weighted by atomic mass is 9.88. The molecule has 2 aromatic carbocycles. The van der Waals surface area contributed by atoms with Crippen LogP contribution in [0.3, 0.4) is 0 Å². The number of anilines is 1. The fourth-order valence-corrected chi connectivity index (χ4v) is 5.45. The number of methoxy groups -OCH3 is 1. The molecule has 2 aliphatic rings. The number of hydrogen-bond acceptors (Lipinski definition) is 7. The first-order valence-electron chi connectivity index (χ1n) is 12.1. The fraction of sp³-hybridized carbons (Fsp3) is 0.214. The summed E-state index contributed by atoms with van der Waals surface area (Å²) in [6.07, 6.45) is 8.73. The fourth-order valence-electron chi connectivity index (χ4n) is 5.00. The third-order valence-electron chi connectivity index (χ3n) is 6.69. The molecule has 3 heterocycles. The van der Waals surface area contributed by atoms with Crippen molar-refractivity contribution in [2.75, 3.05) is 12.4 Å². The summed E-state index contributed by atoms with van der Waals surface area (Å²) >= 11 is 1.27. The molecule has 36 heavy (non-hydrogen) atoms. The number of fused-ring (bicyclic) bond motifs is 1. The molecule has 0 unspecified atom stereocenters. The first kappa shape index (κ1) is 22.4. The van der Waals surface area contributed by atoms with Gasteiger partial charge in [-0.1, -0.05) is 48.5 Å². The van der Waals surface area contributed by atoms with Crippen LogP contribution in [0.15, 0.2) is 72.7 Å². The van der Waals surface area contributed by atoms with Gasteiger partial charge in [-0.2, -0.15) is 14.2 Å². The van der Waals surface area contributed by atoms with E-state index in [1.165, 1.54) is 29.9 Å². The largest absolute Gasteiger partial charge is 0.497 e. The van der Waals surface area contributed by atoms with Gasteiger partial charge >= 0.3 is 0 Å². The molecule has 0 saturated heterocycles. The molecule has 180 valence electrons. The Labute approximate surface area is 213 Å². The topological polar surface area (TPSA) is 81.9 Å². The van der Waals surface area contributed by atoms with Gasteiger partial charge in [-0.05, 0) is 49.0 Å². The Kier molecular flexibility index (Phi) is 5.95. The predicted octanol–water partition coefficient (Wildman–Crippen LogP) is 6.09. The van der Waals surface area contributed by atoms with Gasteiger partial charge in [-0.15, -0.1) is 0 Å². The summed E-state index contributed by atoms with van der Waals surface area (Å²) in [5, 5.41) is 8.98. The van der Waals surface area contributed by atoms with Crippen molar-refractivity contribution < 1.29 is 9.53 Å². The lowest BCUT2D eigenvalue weighted by molar-refractivity contribution is 0.0958. The van der Waals surface area contributed by atoms with Crippen molar-refractivity contribution in [3.05, 3.63) is 89.5 Å². The smallest absolute Gasteiger partial charge is 0.280 e. The van der Waals surface area contributed by atoms with Crippen LogP contribution in [-0.4, -0.2) is 32.2 Å². The summed E-state index contributed by atoms with van der Waals surface area (Å²) in [4.78, 5) is 18.4. The summed E-state index contributed by atoms with van der Waals surface area (Å²) in [5.74, 6) is 0.576. The molecule has 0 spiro atoms. The Hall–Kier alpha value is -4.04. The van der Waals surface area contributed by atoms with Crippen LogP contribution in [0.25, 0.3) is 22.4 Å². The molecule has 0 bridgehead atoms. The minimum Gasteiger partial charge on any atom is -0.497 e. The van der Waals surface area contributed by atoms with Gasteiger partial charge in [0.05, 0.1) is 18.4 Å². The molecule has 2 aromatic heterocycles. The molecule has 0 radical (unpaired) electrons. The van der Waals surface area contributed by atoms with Crippen molar-refractivity contribution in [3.63, 3.8) is 0 Å². The highest BCUT2D eigenvalue weighted by molar-refractivity contribution is 7.09. The maximum atomic E-state index is 14.1. The zero-order valence-electron chi connectivity index (χ0n) is 19.9. The van der Waals surface area contributed by atoms with Gasteiger partial charge < -0.3 is 10.1 Å². The minimum atomic E-state index is -0.159. The van der Waals surface area contributed by atoms with E-state index in [0.717, 1.165) is 58.8 Å². The summed E-state index contributed by atoms with van der Waals surface area (Å²) in [7, 11) is 1.63. The maximum Gasteiger partial charge on any atom is 0.280 e. The molecule has 1 aliphatic heterocycles. The number of nitrogens with one attached hydrogen (secondary N) is 1. The lowest BCUT2D eigenvalue weighted by Crippen LogP contribution is -2.27. The number of nitrogens with zero attached hydrogens (tertiary/aromatic N) is 4. The highest BCUT2D eigenvalue weighted by Crippen LogP contribution is 2.40. The number of ether oxygens (including phenoxy) is 1. The third-order valence-corrected chi connectivity index (χ3v) is 7.27. The second-order valence-corrected chi connectivity index (χ2v) is 9.64. The minimum absolute atomic E-state index is 0.159. The third kappa shape index (κ3) is 4.03. The Bertz CT molecular complexity index is 1470. The second-order valence-electron chi connectivity index (χ2n) is 8.86. The van der Waals surface area contributed by atoms with Gasteiger partial charge in [0.1, 0.15) is 17.8 Å². The first-order chi connectivity index (χ1) is 17.7. The molecule has 6 rings (SSSR count). The van der Waals surface area contributed by atoms with Crippen LogP contribution in [-0.2, 0) is 6.42 Å². The Morgan fingerprint density at radius 3 is 2.56 bits per heavy atom. The van der Waals surface area contributed by atoms with E-state index in [1.807, 2.05) is 42.5 Å². The molecule has 0 saturated carbocycles. The number of benzene rings is 2. The van der Waals surface area contributed by atoms with E-state index in [9.17, 15) is 4.79 Å². The lowest BCUT2D eigenvalue weighted by Gasteiger charge is -2.23. The van der Waals surface area contributed by atoms with E-state index in [0.29, 0.717) is 17.1 Å².